The minimum atomic E-state index is -0.323. The van der Waals surface area contributed by atoms with Crippen molar-refractivity contribution in [2.75, 3.05) is 13.7 Å². The maximum atomic E-state index is 12.1. The Bertz CT molecular complexity index is 1090. The van der Waals surface area contributed by atoms with E-state index in [0.717, 1.165) is 0 Å². The van der Waals surface area contributed by atoms with Gasteiger partial charge < -0.3 is 14.5 Å². The molecule has 0 saturated heterocycles. The smallest absolute Gasteiger partial charge is 0.270 e. The number of fused-ring (bicyclic) bond motifs is 1. The molecule has 2 aromatic carbocycles. The molecular weight excluding hydrogens is 372 g/mol. The first-order valence-electron chi connectivity index (χ1n) is 9.22. The molecule has 0 fully saturated rings. The van der Waals surface area contributed by atoms with E-state index in [1.807, 2.05) is 37.3 Å². The van der Waals surface area contributed by atoms with Crippen LogP contribution < -0.4 is 20.5 Å². The third kappa shape index (κ3) is 4.98. The lowest BCUT2D eigenvalue weighted by molar-refractivity contribution is -0.121. The van der Waals surface area contributed by atoms with Crippen molar-refractivity contribution in [1.29, 1.82) is 0 Å². The van der Waals surface area contributed by atoms with E-state index in [4.69, 9.17) is 9.47 Å². The summed E-state index contributed by atoms with van der Waals surface area (Å²) < 4.78 is 10.9. The standard InChI is InChI=1S/C21H22N4O4/c1-3-29-20-14(7-6-10-18(20)28-2)13-22-25-19(26)12-11-17-21(27)24-16-9-5-4-8-15(16)23-17/h4-10,13H,3,11-12H2,1-2H3,(H,24,27)(H,25,26)/b22-13-. The Morgan fingerprint density at radius 3 is 2.86 bits per heavy atom. The van der Waals surface area contributed by atoms with Crippen molar-refractivity contribution in [3.8, 4) is 11.5 Å². The van der Waals surface area contributed by atoms with Gasteiger partial charge in [0.2, 0.25) is 5.91 Å². The van der Waals surface area contributed by atoms with Crippen molar-refractivity contribution in [2.24, 2.45) is 5.10 Å². The predicted octanol–water partition coefficient (Wildman–Crippen LogP) is 2.41. The zero-order valence-electron chi connectivity index (χ0n) is 16.3. The SMILES string of the molecule is CCOc1c(/C=N\NC(=O)CCc2nc3ccccc3[nH]c2=O)cccc1OC. The summed E-state index contributed by atoms with van der Waals surface area (Å²) in [6.45, 7) is 2.35. The Morgan fingerprint density at radius 2 is 2.07 bits per heavy atom. The van der Waals surface area contributed by atoms with Crippen LogP contribution in [-0.2, 0) is 11.2 Å². The minimum absolute atomic E-state index is 0.0855. The summed E-state index contributed by atoms with van der Waals surface area (Å²) in [5.41, 5.74) is 4.51. The number of hydrogen-bond acceptors (Lipinski definition) is 6. The fraction of sp³-hybridized carbons (Fsp3) is 0.238. The van der Waals surface area contributed by atoms with Gasteiger partial charge in [-0.25, -0.2) is 10.4 Å². The summed E-state index contributed by atoms with van der Waals surface area (Å²) >= 11 is 0. The molecule has 29 heavy (non-hydrogen) atoms. The number of para-hydroxylation sites is 3. The molecule has 0 radical (unpaired) electrons. The maximum absolute atomic E-state index is 12.1. The predicted molar refractivity (Wildman–Crippen MR) is 111 cm³/mol. The van der Waals surface area contributed by atoms with Crippen LogP contribution in [0.1, 0.15) is 24.6 Å². The molecule has 1 aromatic heterocycles. The summed E-state index contributed by atoms with van der Waals surface area (Å²) in [4.78, 5) is 31.3. The fourth-order valence-electron chi connectivity index (χ4n) is 2.79. The molecule has 0 atom stereocenters. The molecule has 1 heterocycles. The Kier molecular flexibility index (Phi) is 6.57. The molecule has 0 aliphatic rings. The van der Waals surface area contributed by atoms with Crippen LogP contribution in [0.3, 0.4) is 0 Å². The number of rotatable bonds is 8. The molecule has 0 spiro atoms. The highest BCUT2D eigenvalue weighted by atomic mass is 16.5. The third-order valence-corrected chi connectivity index (χ3v) is 4.17. The molecule has 0 bridgehead atoms. The molecule has 3 rings (SSSR count). The number of nitrogens with zero attached hydrogens (tertiary/aromatic N) is 2. The highest BCUT2D eigenvalue weighted by Gasteiger charge is 2.10. The monoisotopic (exact) mass is 394 g/mol. The van der Waals surface area contributed by atoms with E-state index in [2.05, 4.69) is 20.5 Å². The quantitative estimate of drug-likeness (QED) is 0.451. The van der Waals surface area contributed by atoms with Gasteiger partial charge in [0.05, 0.1) is 31.0 Å². The fourth-order valence-corrected chi connectivity index (χ4v) is 2.79. The van der Waals surface area contributed by atoms with Gasteiger partial charge in [0, 0.05) is 18.4 Å². The van der Waals surface area contributed by atoms with E-state index in [-0.39, 0.29) is 24.3 Å². The number of carbonyl (C=O) groups is 1. The summed E-state index contributed by atoms with van der Waals surface area (Å²) in [7, 11) is 1.56. The normalized spacial score (nSPS) is 11.0. The van der Waals surface area contributed by atoms with Crippen LogP contribution in [0.15, 0.2) is 52.4 Å². The summed E-state index contributed by atoms with van der Waals surface area (Å²) in [5, 5.41) is 3.98. The van der Waals surface area contributed by atoms with Gasteiger partial charge in [0.15, 0.2) is 11.5 Å². The van der Waals surface area contributed by atoms with Gasteiger partial charge in [0.1, 0.15) is 5.69 Å². The average molecular weight is 394 g/mol. The van der Waals surface area contributed by atoms with E-state index in [0.29, 0.717) is 40.4 Å². The van der Waals surface area contributed by atoms with Crippen LogP contribution in [-0.4, -0.2) is 35.8 Å². The van der Waals surface area contributed by atoms with Crippen LogP contribution >= 0.6 is 0 Å². The number of aromatic nitrogens is 2. The number of amides is 1. The average Bonchev–Trinajstić information content (AvgIpc) is 2.73. The second-order valence-corrected chi connectivity index (χ2v) is 6.13. The molecule has 0 saturated carbocycles. The van der Waals surface area contributed by atoms with Gasteiger partial charge in [-0.1, -0.05) is 18.2 Å². The van der Waals surface area contributed by atoms with Crippen molar-refractivity contribution in [2.45, 2.75) is 19.8 Å². The van der Waals surface area contributed by atoms with E-state index in [1.54, 1.807) is 19.2 Å². The Morgan fingerprint density at radius 1 is 1.24 bits per heavy atom. The topological polar surface area (TPSA) is 106 Å². The van der Waals surface area contributed by atoms with Gasteiger partial charge in [0.25, 0.3) is 5.56 Å². The Balaban J connectivity index is 1.62. The second kappa shape index (κ2) is 9.50. The Hall–Kier alpha value is -3.68. The first-order valence-corrected chi connectivity index (χ1v) is 9.22. The number of ether oxygens (including phenoxy) is 2. The third-order valence-electron chi connectivity index (χ3n) is 4.17. The van der Waals surface area contributed by atoms with Crippen molar-refractivity contribution < 1.29 is 14.3 Å². The zero-order chi connectivity index (χ0) is 20.6. The number of carbonyl (C=O) groups excluding carboxylic acids is 1. The number of H-pyrrole nitrogens is 1. The molecule has 8 nitrogen and oxygen atoms in total. The summed E-state index contributed by atoms with van der Waals surface area (Å²) in [6, 6.07) is 12.7. The van der Waals surface area contributed by atoms with Gasteiger partial charge >= 0.3 is 0 Å². The molecule has 3 aromatic rings. The van der Waals surface area contributed by atoms with Crippen LogP contribution in [0.4, 0.5) is 0 Å². The van der Waals surface area contributed by atoms with Crippen molar-refractivity contribution in [3.63, 3.8) is 0 Å². The molecule has 0 aliphatic carbocycles. The van der Waals surface area contributed by atoms with Gasteiger partial charge in [-0.15, -0.1) is 0 Å². The van der Waals surface area contributed by atoms with E-state index >= 15 is 0 Å². The lowest BCUT2D eigenvalue weighted by atomic mass is 10.2. The van der Waals surface area contributed by atoms with Crippen molar-refractivity contribution in [3.05, 3.63) is 64.1 Å². The molecule has 150 valence electrons. The van der Waals surface area contributed by atoms with Crippen LogP contribution in [0.2, 0.25) is 0 Å². The summed E-state index contributed by atoms with van der Waals surface area (Å²) in [6.07, 6.45) is 1.79. The number of nitrogens with one attached hydrogen (secondary N) is 2. The number of aryl methyl sites for hydroxylation is 1. The lowest BCUT2D eigenvalue weighted by Crippen LogP contribution is -2.21. The largest absolute Gasteiger partial charge is 0.493 e. The molecule has 0 aliphatic heterocycles. The highest BCUT2D eigenvalue weighted by molar-refractivity contribution is 5.86. The molecule has 8 heteroatoms. The van der Waals surface area contributed by atoms with Gasteiger partial charge in [-0.05, 0) is 31.2 Å². The van der Waals surface area contributed by atoms with E-state index in [1.165, 1.54) is 6.21 Å². The van der Waals surface area contributed by atoms with E-state index < -0.39 is 0 Å². The van der Waals surface area contributed by atoms with Crippen molar-refractivity contribution >= 4 is 23.2 Å². The molecule has 2 N–H and O–H groups in total. The number of hydrogen-bond donors (Lipinski definition) is 2. The first kappa shape index (κ1) is 20.1. The molecular formula is C21H22N4O4. The first-order chi connectivity index (χ1) is 14.1. The van der Waals surface area contributed by atoms with E-state index in [9.17, 15) is 9.59 Å². The van der Waals surface area contributed by atoms with Crippen LogP contribution in [0.5, 0.6) is 11.5 Å². The zero-order valence-corrected chi connectivity index (χ0v) is 16.3. The van der Waals surface area contributed by atoms with Crippen LogP contribution in [0, 0.1) is 0 Å². The van der Waals surface area contributed by atoms with Gasteiger partial charge in [-0.2, -0.15) is 5.10 Å². The number of benzene rings is 2. The Labute approximate surface area is 167 Å². The van der Waals surface area contributed by atoms with Crippen LogP contribution in [0.25, 0.3) is 11.0 Å². The second-order valence-electron chi connectivity index (χ2n) is 6.13. The number of methoxy groups -OCH3 is 1. The number of hydrazone groups is 1. The van der Waals surface area contributed by atoms with Gasteiger partial charge in [-0.3, -0.25) is 9.59 Å². The minimum Gasteiger partial charge on any atom is -0.493 e. The lowest BCUT2D eigenvalue weighted by Gasteiger charge is -2.11. The summed E-state index contributed by atoms with van der Waals surface area (Å²) in [5.74, 6) is 0.822. The number of aromatic amines is 1. The molecule has 1 amide bonds. The maximum Gasteiger partial charge on any atom is 0.270 e. The highest BCUT2D eigenvalue weighted by Crippen LogP contribution is 2.29. The van der Waals surface area contributed by atoms with Crippen molar-refractivity contribution in [1.82, 2.24) is 15.4 Å². The molecule has 0 unspecified atom stereocenters.